The maximum atomic E-state index is 13.7. The fourth-order valence-corrected chi connectivity index (χ4v) is 4.55. The van der Waals surface area contributed by atoms with Gasteiger partial charge in [-0.2, -0.15) is 5.10 Å². The zero-order valence-corrected chi connectivity index (χ0v) is 17.2. The third-order valence-electron chi connectivity index (χ3n) is 6.24. The van der Waals surface area contributed by atoms with Crippen LogP contribution in [-0.2, 0) is 4.79 Å². The van der Waals surface area contributed by atoms with Gasteiger partial charge >= 0.3 is 0 Å². The van der Waals surface area contributed by atoms with Crippen LogP contribution in [0.3, 0.4) is 0 Å². The predicted octanol–water partition coefficient (Wildman–Crippen LogP) is 3.51. The summed E-state index contributed by atoms with van der Waals surface area (Å²) in [5.74, 6) is -0.578. The van der Waals surface area contributed by atoms with Crippen molar-refractivity contribution in [2.75, 3.05) is 13.1 Å². The number of rotatable bonds is 3. The van der Waals surface area contributed by atoms with Crippen LogP contribution in [0.2, 0.25) is 0 Å². The lowest BCUT2D eigenvalue weighted by Crippen LogP contribution is -2.60. The molecule has 2 amide bonds. The molecular weight excluding hydrogens is 395 g/mol. The number of carbonyl (C=O) groups excluding carboxylic acids is 2. The van der Waals surface area contributed by atoms with Crippen molar-refractivity contribution in [1.29, 1.82) is 0 Å². The zero-order chi connectivity index (χ0) is 21.5. The molecule has 3 heterocycles. The summed E-state index contributed by atoms with van der Waals surface area (Å²) in [6.07, 6.45) is 3.59. The van der Waals surface area contributed by atoms with Gasteiger partial charge in [-0.25, -0.2) is 9.07 Å². The number of para-hydroxylation sites is 1. The lowest BCUT2D eigenvalue weighted by molar-refractivity contribution is -0.141. The fourth-order valence-electron chi connectivity index (χ4n) is 4.55. The second-order valence-electron chi connectivity index (χ2n) is 8.14. The number of hydrogen-bond donors (Lipinski definition) is 0. The molecule has 1 aromatic heterocycles. The fraction of sp³-hybridized carbons (Fsp3) is 0.292. The molecule has 7 heteroatoms. The third kappa shape index (κ3) is 3.40. The van der Waals surface area contributed by atoms with E-state index in [2.05, 4.69) is 5.10 Å². The molecule has 0 spiro atoms. The summed E-state index contributed by atoms with van der Waals surface area (Å²) in [6.45, 7) is 3.07. The van der Waals surface area contributed by atoms with E-state index < -0.39 is 6.04 Å². The van der Waals surface area contributed by atoms with Crippen LogP contribution >= 0.6 is 0 Å². The van der Waals surface area contributed by atoms with Crippen molar-refractivity contribution in [3.8, 4) is 16.9 Å². The summed E-state index contributed by atoms with van der Waals surface area (Å²) in [6, 6.07) is 15.0. The lowest BCUT2D eigenvalue weighted by atomic mass is 10.0. The van der Waals surface area contributed by atoms with Crippen molar-refractivity contribution >= 4 is 11.8 Å². The highest BCUT2D eigenvalue weighted by Crippen LogP contribution is 2.30. The van der Waals surface area contributed by atoms with Crippen molar-refractivity contribution in [3.05, 3.63) is 72.2 Å². The number of fused-ring (bicyclic) bond motifs is 1. The van der Waals surface area contributed by atoms with Gasteiger partial charge in [0.1, 0.15) is 17.6 Å². The van der Waals surface area contributed by atoms with Gasteiger partial charge in [0.15, 0.2) is 0 Å². The van der Waals surface area contributed by atoms with Crippen molar-refractivity contribution in [2.45, 2.75) is 31.8 Å². The first-order chi connectivity index (χ1) is 15.0. The van der Waals surface area contributed by atoms with Crippen LogP contribution in [-0.4, -0.2) is 56.6 Å². The first-order valence-corrected chi connectivity index (χ1v) is 10.6. The molecule has 158 valence electrons. The summed E-state index contributed by atoms with van der Waals surface area (Å²) in [4.78, 5) is 30.1. The molecule has 0 saturated carbocycles. The van der Waals surface area contributed by atoms with Gasteiger partial charge in [-0.3, -0.25) is 9.59 Å². The van der Waals surface area contributed by atoms with Crippen molar-refractivity contribution in [2.24, 2.45) is 0 Å². The van der Waals surface area contributed by atoms with Crippen LogP contribution in [0.25, 0.3) is 16.9 Å². The van der Waals surface area contributed by atoms with E-state index in [9.17, 15) is 14.0 Å². The normalized spacial score (nSPS) is 20.8. The lowest BCUT2D eigenvalue weighted by Gasteiger charge is -2.41. The zero-order valence-electron chi connectivity index (χ0n) is 17.2. The van der Waals surface area contributed by atoms with Crippen LogP contribution in [0.15, 0.2) is 60.8 Å². The first-order valence-electron chi connectivity index (χ1n) is 10.6. The van der Waals surface area contributed by atoms with Gasteiger partial charge in [-0.15, -0.1) is 0 Å². The molecule has 6 nitrogen and oxygen atoms in total. The number of benzene rings is 2. The standard InChI is InChI=1S/C24H23FN4O2/c1-16-23(30)27-13-5-8-20(27)14-28(16)24(31)21-15-29(19-6-3-2-4-7-19)26-22(21)17-9-11-18(25)12-10-17/h2-4,6-7,9-12,15-16,20H,5,8,13-14H2,1H3/t16-,20+/m1/s1. The quantitative estimate of drug-likeness (QED) is 0.654. The Kier molecular flexibility index (Phi) is 4.81. The van der Waals surface area contributed by atoms with Crippen LogP contribution in [0, 0.1) is 5.82 Å². The minimum absolute atomic E-state index is 0.000818. The van der Waals surface area contributed by atoms with E-state index in [1.54, 1.807) is 34.8 Å². The summed E-state index contributed by atoms with van der Waals surface area (Å²) < 4.78 is 15.2. The van der Waals surface area contributed by atoms with Crippen LogP contribution < -0.4 is 0 Å². The number of halogens is 1. The second kappa shape index (κ2) is 7.65. The van der Waals surface area contributed by atoms with Crippen molar-refractivity contribution in [1.82, 2.24) is 19.6 Å². The van der Waals surface area contributed by atoms with E-state index in [-0.39, 0.29) is 23.7 Å². The molecule has 2 atom stereocenters. The smallest absolute Gasteiger partial charge is 0.258 e. The Bertz CT molecular complexity index is 1130. The Morgan fingerprint density at radius 1 is 1.10 bits per heavy atom. The topological polar surface area (TPSA) is 58.4 Å². The average molecular weight is 418 g/mol. The summed E-state index contributed by atoms with van der Waals surface area (Å²) in [5, 5.41) is 4.66. The Labute approximate surface area is 179 Å². The number of hydrogen-bond acceptors (Lipinski definition) is 3. The van der Waals surface area contributed by atoms with Gasteiger partial charge in [0.05, 0.1) is 11.3 Å². The van der Waals surface area contributed by atoms with Crippen LogP contribution in [0.4, 0.5) is 4.39 Å². The third-order valence-corrected chi connectivity index (χ3v) is 6.24. The van der Waals surface area contributed by atoms with Crippen molar-refractivity contribution < 1.29 is 14.0 Å². The van der Waals surface area contributed by atoms with E-state index >= 15 is 0 Å². The van der Waals surface area contributed by atoms with Gasteiger partial charge in [0, 0.05) is 30.9 Å². The van der Waals surface area contributed by atoms with Crippen LogP contribution in [0.5, 0.6) is 0 Å². The molecule has 0 bridgehead atoms. The average Bonchev–Trinajstić information content (AvgIpc) is 3.44. The Morgan fingerprint density at radius 3 is 2.58 bits per heavy atom. The monoisotopic (exact) mass is 418 g/mol. The molecule has 0 aliphatic carbocycles. The Balaban J connectivity index is 1.57. The Morgan fingerprint density at radius 2 is 1.84 bits per heavy atom. The summed E-state index contributed by atoms with van der Waals surface area (Å²) in [7, 11) is 0. The molecule has 0 radical (unpaired) electrons. The number of piperazine rings is 1. The Hall–Kier alpha value is -3.48. The molecule has 0 N–H and O–H groups in total. The highest BCUT2D eigenvalue weighted by molar-refractivity contribution is 6.02. The largest absolute Gasteiger partial charge is 0.336 e. The predicted molar refractivity (Wildman–Crippen MR) is 114 cm³/mol. The molecule has 2 aliphatic rings. The number of aromatic nitrogens is 2. The molecule has 3 aromatic rings. The van der Waals surface area contributed by atoms with E-state index in [1.165, 1.54) is 12.1 Å². The van der Waals surface area contributed by atoms with E-state index in [4.69, 9.17) is 0 Å². The molecular formula is C24H23FN4O2. The molecule has 5 rings (SSSR count). The molecule has 2 aromatic carbocycles. The SMILES string of the molecule is C[C@@H]1C(=O)N2CCC[C@H]2CN1C(=O)c1cn(-c2ccccc2)nc1-c1ccc(F)cc1. The molecule has 2 fully saturated rings. The first kappa shape index (κ1) is 19.5. The minimum atomic E-state index is -0.525. The van der Waals surface area contributed by atoms with Gasteiger partial charge in [0.2, 0.25) is 5.91 Å². The van der Waals surface area contributed by atoms with E-state index in [1.807, 2.05) is 35.2 Å². The van der Waals surface area contributed by atoms with Gasteiger partial charge in [-0.05, 0) is 56.2 Å². The van der Waals surface area contributed by atoms with Gasteiger partial charge in [-0.1, -0.05) is 18.2 Å². The van der Waals surface area contributed by atoms with Gasteiger partial charge in [0.25, 0.3) is 5.91 Å². The summed E-state index contributed by atoms with van der Waals surface area (Å²) >= 11 is 0. The highest BCUT2D eigenvalue weighted by atomic mass is 19.1. The van der Waals surface area contributed by atoms with E-state index in [0.29, 0.717) is 23.4 Å². The molecule has 2 aliphatic heterocycles. The molecule has 2 saturated heterocycles. The molecule has 31 heavy (non-hydrogen) atoms. The van der Waals surface area contributed by atoms with E-state index in [0.717, 1.165) is 25.1 Å². The number of amides is 2. The van der Waals surface area contributed by atoms with Crippen LogP contribution in [0.1, 0.15) is 30.1 Å². The summed E-state index contributed by atoms with van der Waals surface area (Å²) in [5.41, 5.74) is 2.34. The highest BCUT2D eigenvalue weighted by Gasteiger charge is 2.43. The van der Waals surface area contributed by atoms with Crippen molar-refractivity contribution in [3.63, 3.8) is 0 Å². The minimum Gasteiger partial charge on any atom is -0.336 e. The maximum absolute atomic E-state index is 13.7. The molecule has 0 unspecified atom stereocenters. The van der Waals surface area contributed by atoms with Gasteiger partial charge < -0.3 is 9.80 Å². The maximum Gasteiger partial charge on any atom is 0.258 e. The number of carbonyl (C=O) groups is 2. The second-order valence-corrected chi connectivity index (χ2v) is 8.14. The number of nitrogens with zero attached hydrogens (tertiary/aromatic N) is 4.